The van der Waals surface area contributed by atoms with Gasteiger partial charge >= 0.3 is 5.97 Å². The van der Waals surface area contributed by atoms with E-state index >= 15 is 4.39 Å². The average Bonchev–Trinajstić information content (AvgIpc) is 3.38. The van der Waals surface area contributed by atoms with Gasteiger partial charge in [-0.1, -0.05) is 0 Å². The highest BCUT2D eigenvalue weighted by molar-refractivity contribution is 5.95. The van der Waals surface area contributed by atoms with Crippen LogP contribution in [0.2, 0.25) is 0 Å². The summed E-state index contributed by atoms with van der Waals surface area (Å²) in [6, 6.07) is 4.12. The first kappa shape index (κ1) is 29.6. The van der Waals surface area contributed by atoms with Crippen molar-refractivity contribution in [3.05, 3.63) is 86.2 Å². The van der Waals surface area contributed by atoms with E-state index in [0.29, 0.717) is 46.4 Å². The molecule has 0 unspecified atom stereocenters. The van der Waals surface area contributed by atoms with Crippen LogP contribution in [0.15, 0.2) is 24.3 Å². The summed E-state index contributed by atoms with van der Waals surface area (Å²) >= 11 is 0. The third-order valence-electron chi connectivity index (χ3n) is 8.13. The lowest BCUT2D eigenvalue weighted by atomic mass is 9.81. The van der Waals surface area contributed by atoms with Crippen molar-refractivity contribution in [2.75, 3.05) is 6.61 Å². The monoisotopic (exact) mass is 581 g/mol. The Kier molecular flexibility index (Phi) is 7.60. The molecule has 1 N–H and O–H groups in total. The van der Waals surface area contributed by atoms with Crippen LogP contribution in [0.5, 0.6) is 5.75 Å². The van der Waals surface area contributed by atoms with E-state index in [1.807, 2.05) is 13.8 Å². The van der Waals surface area contributed by atoms with Crippen LogP contribution in [0.4, 0.5) is 13.2 Å². The van der Waals surface area contributed by atoms with Crippen LogP contribution < -0.4 is 4.74 Å². The maximum atomic E-state index is 15.5. The van der Waals surface area contributed by atoms with Gasteiger partial charge in [-0.25, -0.2) is 18.0 Å². The molecule has 42 heavy (non-hydrogen) atoms. The number of rotatable bonds is 5. The molecule has 5 rings (SSSR count). The quantitative estimate of drug-likeness (QED) is 0.347. The molecule has 0 saturated carbocycles. The first-order valence-electron chi connectivity index (χ1n) is 13.9. The van der Waals surface area contributed by atoms with Crippen LogP contribution in [0.1, 0.15) is 82.6 Å². The van der Waals surface area contributed by atoms with Crippen LogP contribution in [0, 0.1) is 38.2 Å². The molecule has 9 heteroatoms. The highest BCUT2D eigenvalue weighted by Crippen LogP contribution is 2.47. The van der Waals surface area contributed by atoms with Crippen LogP contribution in [0.3, 0.4) is 0 Å². The fraction of sp³-hybridized carbons (Fsp3) is 0.394. The number of amides is 1. The molecule has 0 fully saturated rings. The Hall–Kier alpha value is -3.85. The van der Waals surface area contributed by atoms with Gasteiger partial charge in [-0.15, -0.1) is 0 Å². The molecule has 222 valence electrons. The molecule has 0 spiro atoms. The second-order valence-corrected chi connectivity index (χ2v) is 12.0. The van der Waals surface area contributed by atoms with E-state index < -0.39 is 41.0 Å². The van der Waals surface area contributed by atoms with E-state index in [1.54, 1.807) is 27.7 Å². The van der Waals surface area contributed by atoms with Crippen molar-refractivity contribution in [3.63, 3.8) is 0 Å². The smallest absolute Gasteiger partial charge is 0.337 e. The van der Waals surface area contributed by atoms with Crippen LogP contribution >= 0.6 is 0 Å². The zero-order chi connectivity index (χ0) is 30.7. The first-order valence-corrected chi connectivity index (χ1v) is 13.9. The number of carbonyl (C=O) groups is 2. The lowest BCUT2D eigenvalue weighted by molar-refractivity contribution is -0.160. The maximum Gasteiger partial charge on any atom is 0.337 e. The number of halogens is 3. The van der Waals surface area contributed by atoms with Crippen LogP contribution in [-0.4, -0.2) is 34.1 Å². The van der Waals surface area contributed by atoms with E-state index in [9.17, 15) is 23.5 Å². The van der Waals surface area contributed by atoms with Crippen LogP contribution in [-0.2, 0) is 29.0 Å². The molecule has 0 saturated heterocycles. The number of carboxylic acid groups (broad SMARTS) is 1. The van der Waals surface area contributed by atoms with Crippen molar-refractivity contribution in [2.45, 2.75) is 79.2 Å². The molecule has 1 amide bonds. The van der Waals surface area contributed by atoms with E-state index in [4.69, 9.17) is 9.47 Å². The van der Waals surface area contributed by atoms with Gasteiger partial charge in [-0.05, 0) is 118 Å². The van der Waals surface area contributed by atoms with Gasteiger partial charge < -0.3 is 19.5 Å². The summed E-state index contributed by atoms with van der Waals surface area (Å²) in [5.41, 5.74) is 4.45. The van der Waals surface area contributed by atoms with Crippen LogP contribution in [0.25, 0.3) is 11.1 Å². The summed E-state index contributed by atoms with van der Waals surface area (Å²) in [6.07, 6.45) is -0.0547. The summed E-state index contributed by atoms with van der Waals surface area (Å²) in [7, 11) is 0. The van der Waals surface area contributed by atoms with Crippen molar-refractivity contribution >= 4 is 11.9 Å². The lowest BCUT2D eigenvalue weighted by Gasteiger charge is -2.31. The normalized spacial score (nSPS) is 15.2. The van der Waals surface area contributed by atoms with Gasteiger partial charge in [0.25, 0.3) is 5.91 Å². The number of ether oxygens (including phenoxy) is 2. The molecule has 0 bridgehead atoms. The average molecular weight is 582 g/mol. The van der Waals surface area contributed by atoms with E-state index in [2.05, 4.69) is 0 Å². The Morgan fingerprint density at radius 3 is 2.26 bits per heavy atom. The number of carboxylic acids is 1. The number of carbonyl (C=O) groups excluding carboxylic acids is 1. The zero-order valence-corrected chi connectivity index (χ0v) is 24.6. The van der Waals surface area contributed by atoms with Gasteiger partial charge in [0, 0.05) is 24.2 Å². The largest absolute Gasteiger partial charge is 0.490 e. The van der Waals surface area contributed by atoms with Gasteiger partial charge in [0.2, 0.25) is 0 Å². The third kappa shape index (κ3) is 5.15. The minimum atomic E-state index is -1.40. The Balaban J connectivity index is 1.74. The summed E-state index contributed by atoms with van der Waals surface area (Å²) in [5, 5.41) is 10.4. The minimum absolute atomic E-state index is 0.0668. The molecule has 0 aromatic heterocycles. The Labute approximate surface area is 243 Å². The highest BCUT2D eigenvalue weighted by atomic mass is 19.1. The predicted octanol–water partition coefficient (Wildman–Crippen LogP) is 7.12. The van der Waals surface area contributed by atoms with Crippen molar-refractivity contribution < 1.29 is 37.3 Å². The van der Waals surface area contributed by atoms with Crippen molar-refractivity contribution in [3.8, 4) is 16.9 Å². The molecule has 2 aliphatic rings. The van der Waals surface area contributed by atoms with Gasteiger partial charge in [-0.3, -0.25) is 4.79 Å². The molecule has 3 aromatic carbocycles. The molecule has 3 aromatic rings. The second kappa shape index (κ2) is 10.8. The first-order chi connectivity index (χ1) is 19.7. The van der Waals surface area contributed by atoms with E-state index in [-0.39, 0.29) is 24.4 Å². The third-order valence-corrected chi connectivity index (χ3v) is 8.13. The fourth-order valence-electron chi connectivity index (χ4n) is 6.18. The van der Waals surface area contributed by atoms with E-state index in [1.165, 1.54) is 11.0 Å². The number of hydrogen-bond acceptors (Lipinski definition) is 4. The molecule has 0 aliphatic carbocycles. The van der Waals surface area contributed by atoms with Crippen molar-refractivity contribution in [1.29, 1.82) is 0 Å². The van der Waals surface area contributed by atoms with E-state index in [0.717, 1.165) is 41.3 Å². The molecule has 2 heterocycles. The Morgan fingerprint density at radius 1 is 0.952 bits per heavy atom. The standard InChI is InChI=1S/C33H34F3NO5/c1-16-20-8-7-11-41-29(20)26(36)13-21(16)27-17(2)23-14-37(31(38)22-12-19(34)9-10-25(22)35)15-24(23)18(3)28(27)30(32(39)40)42-33(4,5)6/h9-10,12-13,30H,7-8,11,14-15H2,1-6H3,(H,39,40)/t30-/m0/s1. The molecular weight excluding hydrogens is 547 g/mol. The van der Waals surface area contributed by atoms with Gasteiger partial charge in [0.05, 0.1) is 17.8 Å². The van der Waals surface area contributed by atoms with Gasteiger partial charge in [-0.2, -0.15) is 0 Å². The summed E-state index contributed by atoms with van der Waals surface area (Å²) in [5.74, 6) is -3.77. The molecule has 2 aliphatic heterocycles. The SMILES string of the molecule is Cc1c(-c2c(C)c3c(c(C)c2[C@H](OC(C)(C)C)C(=O)O)CN(C(=O)c2cc(F)ccc2F)C3)cc(F)c2c1CCCO2. The molecule has 0 radical (unpaired) electrons. The summed E-state index contributed by atoms with van der Waals surface area (Å²) in [4.78, 5) is 27.6. The van der Waals surface area contributed by atoms with Gasteiger partial charge in [0.15, 0.2) is 17.7 Å². The maximum absolute atomic E-state index is 15.5. The number of nitrogens with zero attached hydrogens (tertiary/aromatic N) is 1. The number of fused-ring (bicyclic) bond motifs is 2. The Morgan fingerprint density at radius 2 is 1.62 bits per heavy atom. The second-order valence-electron chi connectivity index (χ2n) is 12.0. The highest BCUT2D eigenvalue weighted by Gasteiger charge is 2.38. The molecule has 1 atom stereocenters. The molecule has 6 nitrogen and oxygen atoms in total. The van der Waals surface area contributed by atoms with Crippen molar-refractivity contribution in [2.24, 2.45) is 0 Å². The number of hydrogen-bond donors (Lipinski definition) is 1. The zero-order valence-electron chi connectivity index (χ0n) is 24.6. The number of aliphatic carboxylic acids is 1. The summed E-state index contributed by atoms with van der Waals surface area (Å²) < 4.78 is 55.7. The van der Waals surface area contributed by atoms with Crippen molar-refractivity contribution in [1.82, 2.24) is 4.90 Å². The number of benzene rings is 3. The fourth-order valence-corrected chi connectivity index (χ4v) is 6.18. The Bertz CT molecular complexity index is 1630. The lowest BCUT2D eigenvalue weighted by Crippen LogP contribution is -2.29. The topological polar surface area (TPSA) is 76.1 Å². The summed E-state index contributed by atoms with van der Waals surface area (Å²) in [6.45, 7) is 11.3. The molecular formula is C33H34F3NO5. The predicted molar refractivity (Wildman–Crippen MR) is 151 cm³/mol. The van der Waals surface area contributed by atoms with Gasteiger partial charge in [0.1, 0.15) is 11.6 Å². The minimum Gasteiger partial charge on any atom is -0.490 e.